The lowest BCUT2D eigenvalue weighted by Crippen LogP contribution is -2.19. The molecule has 1 atom stereocenters. The summed E-state index contributed by atoms with van der Waals surface area (Å²) in [6.07, 6.45) is 1.28. The van der Waals surface area contributed by atoms with Gasteiger partial charge in [0.25, 0.3) is 0 Å². The first kappa shape index (κ1) is 16.2. The summed E-state index contributed by atoms with van der Waals surface area (Å²) in [6, 6.07) is 4.64. The van der Waals surface area contributed by atoms with Crippen molar-refractivity contribution in [2.75, 3.05) is 0 Å². The van der Waals surface area contributed by atoms with E-state index in [9.17, 15) is 13.0 Å². The number of nitrogens with zero attached hydrogens (tertiary/aromatic N) is 1. The summed E-state index contributed by atoms with van der Waals surface area (Å²) < 4.78 is 44.7. The number of halogens is 3. The molecule has 1 rings (SSSR count). The molecule has 0 saturated heterocycles. The van der Waals surface area contributed by atoms with Gasteiger partial charge in [-0.2, -0.15) is 13.2 Å². The van der Waals surface area contributed by atoms with Crippen molar-refractivity contribution in [1.29, 1.82) is 0 Å². The molecule has 3 nitrogen and oxygen atoms in total. The van der Waals surface area contributed by atoms with Gasteiger partial charge in [0.1, 0.15) is 16.7 Å². The second-order valence-electron chi connectivity index (χ2n) is 4.66. The summed E-state index contributed by atoms with van der Waals surface area (Å²) >= 11 is 3.17. The summed E-state index contributed by atoms with van der Waals surface area (Å²) in [6.45, 7) is 2.41. The van der Waals surface area contributed by atoms with Crippen molar-refractivity contribution < 1.29 is 17.7 Å². The minimum atomic E-state index is -2.92. The number of ether oxygens (including phenoxy) is 1. The van der Waals surface area contributed by atoms with Crippen molar-refractivity contribution >= 4 is 33.1 Å². The number of hydrogen-bond acceptors (Lipinski definition) is 2. The molecular weight excluding hydrogens is 340 g/mol. The minimum absolute atomic E-state index is 0.0148. The third-order valence-corrected chi connectivity index (χ3v) is 3.84. The molecule has 106 valence electrons. The molecule has 0 radical (unpaired) electrons. The SMILES string of the molecule is CC(C)(C)S(=O)N=Cc1ccc(Br)cc1OC(F)F. The number of hydrogen-bond donors (Lipinski definition) is 0. The molecule has 0 heterocycles. The molecule has 7 heteroatoms. The predicted octanol–water partition coefficient (Wildman–Crippen LogP) is 3.93. The van der Waals surface area contributed by atoms with Crippen molar-refractivity contribution in [2.24, 2.45) is 4.40 Å². The standard InChI is InChI=1S/C12H14BrF2NO2S/c1-12(2,3)19(17)16-7-8-4-5-9(13)6-10(8)18-11(14)15/h4-7,11H,1-3H3. The molecule has 0 N–H and O–H groups in total. The third kappa shape index (κ3) is 5.36. The zero-order valence-corrected chi connectivity index (χ0v) is 13.1. The molecule has 0 fully saturated rings. The molecule has 1 aromatic carbocycles. The van der Waals surface area contributed by atoms with Gasteiger partial charge in [-0.1, -0.05) is 15.9 Å². The van der Waals surface area contributed by atoms with Crippen molar-refractivity contribution in [3.05, 3.63) is 28.2 Å². The van der Waals surface area contributed by atoms with E-state index in [-0.39, 0.29) is 5.75 Å². The smallest absolute Gasteiger partial charge is 0.387 e. The Balaban J connectivity index is 3.00. The first-order valence-corrected chi connectivity index (χ1v) is 7.30. The second kappa shape index (κ2) is 6.56. The molecular formula is C12H14BrF2NO2S. The van der Waals surface area contributed by atoms with Gasteiger partial charge in [-0.15, -0.1) is 0 Å². The first-order chi connectivity index (χ1) is 8.70. The van der Waals surface area contributed by atoms with E-state index >= 15 is 0 Å². The predicted molar refractivity (Wildman–Crippen MR) is 76.3 cm³/mol. The first-order valence-electron chi connectivity index (χ1n) is 5.40. The van der Waals surface area contributed by atoms with Gasteiger partial charge in [0, 0.05) is 16.3 Å². The summed E-state index contributed by atoms with van der Waals surface area (Å²) in [5.41, 5.74) is 0.348. The third-order valence-electron chi connectivity index (χ3n) is 2.00. The van der Waals surface area contributed by atoms with Crippen LogP contribution in [-0.2, 0) is 11.0 Å². The van der Waals surface area contributed by atoms with Gasteiger partial charge < -0.3 is 4.74 Å². The van der Waals surface area contributed by atoms with Gasteiger partial charge in [0.2, 0.25) is 0 Å². The molecule has 0 spiro atoms. The van der Waals surface area contributed by atoms with E-state index in [4.69, 9.17) is 0 Å². The second-order valence-corrected chi connectivity index (χ2v) is 7.51. The van der Waals surface area contributed by atoms with Crippen molar-refractivity contribution in [3.8, 4) is 5.75 Å². The summed E-state index contributed by atoms with van der Waals surface area (Å²) in [5.74, 6) is -0.0148. The summed E-state index contributed by atoms with van der Waals surface area (Å²) in [4.78, 5) is 0. The van der Waals surface area contributed by atoms with E-state index in [0.29, 0.717) is 10.0 Å². The van der Waals surface area contributed by atoms with Crippen LogP contribution in [0.3, 0.4) is 0 Å². The molecule has 1 unspecified atom stereocenters. The molecule has 19 heavy (non-hydrogen) atoms. The van der Waals surface area contributed by atoms with Gasteiger partial charge in [0.05, 0.1) is 4.75 Å². The Morgan fingerprint density at radius 2 is 2.05 bits per heavy atom. The Labute approximate surface area is 121 Å². The number of alkyl halides is 2. The molecule has 0 aliphatic rings. The van der Waals surface area contributed by atoms with Crippen molar-refractivity contribution in [2.45, 2.75) is 32.1 Å². The maximum absolute atomic E-state index is 12.3. The molecule has 0 amide bonds. The maximum atomic E-state index is 12.3. The van der Waals surface area contributed by atoms with E-state index < -0.39 is 22.3 Å². The lowest BCUT2D eigenvalue weighted by molar-refractivity contribution is -0.0499. The van der Waals surface area contributed by atoms with Crippen LogP contribution in [0.5, 0.6) is 5.75 Å². The highest BCUT2D eigenvalue weighted by molar-refractivity contribution is 9.10. The van der Waals surface area contributed by atoms with E-state index in [1.807, 2.05) is 0 Å². The van der Waals surface area contributed by atoms with Gasteiger partial charge >= 0.3 is 6.61 Å². The van der Waals surface area contributed by atoms with E-state index in [1.165, 1.54) is 12.3 Å². The quantitative estimate of drug-likeness (QED) is 0.769. The molecule has 0 saturated carbocycles. The van der Waals surface area contributed by atoms with E-state index in [2.05, 4.69) is 25.1 Å². The largest absolute Gasteiger partial charge is 0.434 e. The van der Waals surface area contributed by atoms with Gasteiger partial charge in [-0.25, -0.2) is 4.21 Å². The fourth-order valence-electron chi connectivity index (χ4n) is 1.08. The van der Waals surface area contributed by atoms with Crippen LogP contribution in [0, 0.1) is 0 Å². The van der Waals surface area contributed by atoms with Crippen LogP contribution in [0.15, 0.2) is 27.1 Å². The van der Waals surface area contributed by atoms with Gasteiger partial charge in [0.15, 0.2) is 0 Å². The van der Waals surface area contributed by atoms with Crippen LogP contribution in [0.4, 0.5) is 8.78 Å². The van der Waals surface area contributed by atoms with E-state index in [1.54, 1.807) is 32.9 Å². The Morgan fingerprint density at radius 3 is 2.58 bits per heavy atom. The van der Waals surface area contributed by atoms with Gasteiger partial charge in [-0.3, -0.25) is 0 Å². The molecule has 0 bridgehead atoms. The van der Waals surface area contributed by atoms with Crippen LogP contribution in [0.25, 0.3) is 0 Å². The number of benzene rings is 1. The fraction of sp³-hybridized carbons (Fsp3) is 0.417. The molecule has 0 aromatic heterocycles. The summed E-state index contributed by atoms with van der Waals surface area (Å²) in [7, 11) is -1.45. The maximum Gasteiger partial charge on any atom is 0.387 e. The van der Waals surface area contributed by atoms with Crippen molar-refractivity contribution in [3.63, 3.8) is 0 Å². The van der Waals surface area contributed by atoms with Crippen molar-refractivity contribution in [1.82, 2.24) is 0 Å². The van der Waals surface area contributed by atoms with Crippen LogP contribution in [-0.4, -0.2) is 21.8 Å². The zero-order chi connectivity index (χ0) is 14.6. The van der Waals surface area contributed by atoms with Crippen LogP contribution in [0.1, 0.15) is 26.3 Å². The summed E-state index contributed by atoms with van der Waals surface area (Å²) in [5, 5.41) is 0. The van der Waals surface area contributed by atoms with Crippen LogP contribution < -0.4 is 4.74 Å². The Morgan fingerprint density at radius 1 is 1.42 bits per heavy atom. The average Bonchev–Trinajstić information content (AvgIpc) is 2.25. The molecule has 0 aliphatic carbocycles. The average molecular weight is 354 g/mol. The molecule has 1 aromatic rings. The van der Waals surface area contributed by atoms with Crippen LogP contribution in [0.2, 0.25) is 0 Å². The molecule has 0 aliphatic heterocycles. The number of rotatable bonds is 4. The van der Waals surface area contributed by atoms with Crippen LogP contribution >= 0.6 is 15.9 Å². The Bertz CT molecular complexity index is 501. The normalized spacial score (nSPS) is 14.1. The van der Waals surface area contributed by atoms with Gasteiger partial charge in [-0.05, 0) is 39.0 Å². The Kier molecular flexibility index (Phi) is 5.61. The fourth-order valence-corrected chi connectivity index (χ4v) is 1.94. The highest BCUT2D eigenvalue weighted by Crippen LogP contribution is 2.24. The lowest BCUT2D eigenvalue weighted by atomic mass is 10.2. The highest BCUT2D eigenvalue weighted by atomic mass is 79.9. The Hall–Kier alpha value is -0.820. The zero-order valence-electron chi connectivity index (χ0n) is 10.7. The monoisotopic (exact) mass is 353 g/mol. The lowest BCUT2D eigenvalue weighted by Gasteiger charge is -2.13. The highest BCUT2D eigenvalue weighted by Gasteiger charge is 2.18. The van der Waals surface area contributed by atoms with E-state index in [0.717, 1.165) is 0 Å². The minimum Gasteiger partial charge on any atom is -0.434 e. The topological polar surface area (TPSA) is 38.7 Å².